The third kappa shape index (κ3) is 3.05. The molecule has 2 aromatic rings. The first-order chi connectivity index (χ1) is 9.74. The van der Waals surface area contributed by atoms with Crippen molar-refractivity contribution in [3.63, 3.8) is 0 Å². The summed E-state index contributed by atoms with van der Waals surface area (Å²) in [7, 11) is 2.27. The van der Waals surface area contributed by atoms with E-state index in [0.717, 1.165) is 5.92 Å². The number of hydrogen-bond acceptors (Lipinski definition) is 3. The topological polar surface area (TPSA) is 15.3 Å². The Labute approximate surface area is 125 Å². The summed E-state index contributed by atoms with van der Waals surface area (Å²) in [6, 6.07) is 11.6. The lowest BCUT2D eigenvalue weighted by atomic mass is 9.98. The Morgan fingerprint density at radius 1 is 1.40 bits per heavy atom. The van der Waals surface area contributed by atoms with Gasteiger partial charge in [-0.15, -0.1) is 11.3 Å². The predicted octanol–water partition coefficient (Wildman–Crippen LogP) is 3.89. The maximum atomic E-state index is 3.52. The van der Waals surface area contributed by atoms with Crippen LogP contribution in [0.5, 0.6) is 0 Å². The van der Waals surface area contributed by atoms with Crippen LogP contribution in [-0.4, -0.2) is 31.6 Å². The number of benzene rings is 1. The molecule has 0 aliphatic carbocycles. The van der Waals surface area contributed by atoms with Crippen LogP contribution in [0.2, 0.25) is 0 Å². The van der Waals surface area contributed by atoms with Crippen LogP contribution < -0.4 is 5.32 Å². The average Bonchev–Trinajstić information content (AvgIpc) is 2.91. The van der Waals surface area contributed by atoms with E-state index in [1.54, 1.807) is 0 Å². The first-order valence-electron chi connectivity index (χ1n) is 7.63. The van der Waals surface area contributed by atoms with Gasteiger partial charge < -0.3 is 5.32 Å². The second kappa shape index (κ2) is 6.25. The quantitative estimate of drug-likeness (QED) is 0.918. The smallest absolute Gasteiger partial charge is 0.0410 e. The van der Waals surface area contributed by atoms with E-state index in [4.69, 9.17) is 0 Å². The van der Waals surface area contributed by atoms with E-state index in [9.17, 15) is 0 Å². The minimum absolute atomic E-state index is 0.509. The fourth-order valence-electron chi connectivity index (χ4n) is 3.07. The molecule has 3 heteroatoms. The molecule has 2 unspecified atom stereocenters. The van der Waals surface area contributed by atoms with Gasteiger partial charge in [0.05, 0.1) is 0 Å². The molecule has 1 saturated heterocycles. The fraction of sp³-hybridized carbons (Fsp3) is 0.529. The van der Waals surface area contributed by atoms with Crippen LogP contribution in [0.4, 0.5) is 0 Å². The number of thiophene rings is 1. The molecule has 0 saturated carbocycles. The Bertz CT molecular complexity index is 524. The Hall–Kier alpha value is -0.900. The summed E-state index contributed by atoms with van der Waals surface area (Å²) in [5, 5.41) is 4.90. The van der Waals surface area contributed by atoms with Crippen LogP contribution in [0.25, 0.3) is 10.1 Å². The summed E-state index contributed by atoms with van der Waals surface area (Å²) in [6.45, 7) is 5.92. The SMILES string of the molecule is CC(c1cc2ccccc2s1)N(C)CC1CCCNC1. The van der Waals surface area contributed by atoms with E-state index < -0.39 is 0 Å². The van der Waals surface area contributed by atoms with E-state index in [1.807, 2.05) is 11.3 Å². The van der Waals surface area contributed by atoms with Crippen molar-refractivity contribution in [2.24, 2.45) is 5.92 Å². The van der Waals surface area contributed by atoms with Gasteiger partial charge in [-0.3, -0.25) is 4.90 Å². The number of hydrogen-bond donors (Lipinski definition) is 1. The molecule has 0 radical (unpaired) electrons. The summed E-state index contributed by atoms with van der Waals surface area (Å²) in [4.78, 5) is 4.00. The second-order valence-corrected chi connectivity index (χ2v) is 7.13. The maximum absolute atomic E-state index is 3.52. The monoisotopic (exact) mass is 288 g/mol. The molecule has 1 aliphatic heterocycles. The van der Waals surface area contributed by atoms with Gasteiger partial charge in [0.1, 0.15) is 0 Å². The molecule has 1 aromatic carbocycles. The van der Waals surface area contributed by atoms with Crippen LogP contribution in [0.15, 0.2) is 30.3 Å². The van der Waals surface area contributed by atoms with Gasteiger partial charge in [-0.2, -0.15) is 0 Å². The zero-order valence-corrected chi connectivity index (χ0v) is 13.2. The standard InChI is InChI=1S/C17H24N2S/c1-13(19(2)12-14-6-5-9-18-11-14)17-10-15-7-3-4-8-16(15)20-17/h3-4,7-8,10,13-14,18H,5-6,9,11-12H2,1-2H3. The molecule has 1 aromatic heterocycles. The van der Waals surface area contributed by atoms with Gasteiger partial charge in [0.2, 0.25) is 0 Å². The van der Waals surface area contributed by atoms with E-state index >= 15 is 0 Å². The summed E-state index contributed by atoms with van der Waals surface area (Å²) in [5.74, 6) is 0.811. The molecular weight excluding hydrogens is 264 g/mol. The lowest BCUT2D eigenvalue weighted by molar-refractivity contribution is 0.201. The van der Waals surface area contributed by atoms with Gasteiger partial charge in [-0.25, -0.2) is 0 Å². The van der Waals surface area contributed by atoms with Crippen molar-refractivity contribution >= 4 is 21.4 Å². The van der Waals surface area contributed by atoms with Crippen molar-refractivity contribution in [1.82, 2.24) is 10.2 Å². The van der Waals surface area contributed by atoms with Crippen molar-refractivity contribution < 1.29 is 0 Å². The van der Waals surface area contributed by atoms with Crippen molar-refractivity contribution in [2.45, 2.75) is 25.8 Å². The highest BCUT2D eigenvalue weighted by atomic mass is 32.1. The summed E-state index contributed by atoms with van der Waals surface area (Å²) in [5.41, 5.74) is 0. The Morgan fingerprint density at radius 2 is 2.25 bits per heavy atom. The van der Waals surface area contributed by atoms with Gasteiger partial charge in [0.25, 0.3) is 0 Å². The zero-order chi connectivity index (χ0) is 13.9. The van der Waals surface area contributed by atoms with E-state index in [-0.39, 0.29) is 0 Å². The van der Waals surface area contributed by atoms with E-state index in [2.05, 4.69) is 54.5 Å². The highest BCUT2D eigenvalue weighted by molar-refractivity contribution is 7.19. The lowest BCUT2D eigenvalue weighted by Gasteiger charge is -2.30. The van der Waals surface area contributed by atoms with Crippen molar-refractivity contribution in [3.8, 4) is 0 Å². The zero-order valence-electron chi connectivity index (χ0n) is 12.4. The number of nitrogens with zero attached hydrogens (tertiary/aromatic N) is 1. The third-order valence-corrected chi connectivity index (χ3v) is 5.75. The van der Waals surface area contributed by atoms with E-state index in [0.29, 0.717) is 6.04 Å². The number of nitrogens with one attached hydrogen (secondary N) is 1. The molecule has 0 spiro atoms. The van der Waals surface area contributed by atoms with Crippen molar-refractivity contribution in [1.29, 1.82) is 0 Å². The molecule has 2 nitrogen and oxygen atoms in total. The first kappa shape index (κ1) is 14.1. The largest absolute Gasteiger partial charge is 0.316 e. The molecular formula is C17H24N2S. The van der Waals surface area contributed by atoms with Crippen molar-refractivity contribution in [2.75, 3.05) is 26.7 Å². The van der Waals surface area contributed by atoms with Crippen LogP contribution in [0, 0.1) is 5.92 Å². The molecule has 1 N–H and O–H groups in total. The summed E-state index contributed by atoms with van der Waals surface area (Å²) in [6.07, 6.45) is 2.70. The summed E-state index contributed by atoms with van der Waals surface area (Å²) >= 11 is 1.94. The predicted molar refractivity (Wildman–Crippen MR) is 88.5 cm³/mol. The third-order valence-electron chi connectivity index (χ3n) is 4.46. The van der Waals surface area contributed by atoms with Gasteiger partial charge >= 0.3 is 0 Å². The molecule has 20 heavy (non-hydrogen) atoms. The minimum Gasteiger partial charge on any atom is -0.316 e. The first-order valence-corrected chi connectivity index (χ1v) is 8.45. The molecule has 108 valence electrons. The molecule has 1 fully saturated rings. The van der Waals surface area contributed by atoms with Crippen LogP contribution in [0.1, 0.15) is 30.7 Å². The summed E-state index contributed by atoms with van der Waals surface area (Å²) < 4.78 is 1.40. The van der Waals surface area contributed by atoms with Gasteiger partial charge in [-0.1, -0.05) is 18.2 Å². The van der Waals surface area contributed by atoms with Crippen LogP contribution >= 0.6 is 11.3 Å². The van der Waals surface area contributed by atoms with Gasteiger partial charge in [-0.05, 0) is 63.3 Å². The highest BCUT2D eigenvalue weighted by Gasteiger charge is 2.20. The molecule has 1 aliphatic rings. The maximum Gasteiger partial charge on any atom is 0.0410 e. The minimum atomic E-state index is 0.509. The Kier molecular flexibility index (Phi) is 4.39. The van der Waals surface area contributed by atoms with E-state index in [1.165, 1.54) is 47.4 Å². The van der Waals surface area contributed by atoms with Gasteiger partial charge in [0, 0.05) is 22.2 Å². The van der Waals surface area contributed by atoms with Gasteiger partial charge in [0.15, 0.2) is 0 Å². The molecule has 2 heterocycles. The normalized spacial score (nSPS) is 21.4. The lowest BCUT2D eigenvalue weighted by Crippen LogP contribution is -2.37. The number of fused-ring (bicyclic) bond motifs is 1. The Morgan fingerprint density at radius 3 is 3.00 bits per heavy atom. The highest BCUT2D eigenvalue weighted by Crippen LogP contribution is 2.32. The number of rotatable bonds is 4. The van der Waals surface area contributed by atoms with Crippen LogP contribution in [0.3, 0.4) is 0 Å². The fourth-order valence-corrected chi connectivity index (χ4v) is 4.25. The second-order valence-electron chi connectivity index (χ2n) is 6.01. The molecule has 3 rings (SSSR count). The molecule has 0 amide bonds. The molecule has 2 atom stereocenters. The Balaban J connectivity index is 1.68. The average molecular weight is 288 g/mol. The molecule has 0 bridgehead atoms. The van der Waals surface area contributed by atoms with Crippen LogP contribution in [-0.2, 0) is 0 Å². The number of piperidine rings is 1. The van der Waals surface area contributed by atoms with Crippen molar-refractivity contribution in [3.05, 3.63) is 35.2 Å².